The van der Waals surface area contributed by atoms with E-state index in [9.17, 15) is 0 Å². The standard InChI is InChI=1S/C11H36O3Si6/c1-18(2,3)13-16-9-11-20(6,7)14-17-8-10-19(4,5)12-15/h8-11,16-17H2,1-7,15H3. The van der Waals surface area contributed by atoms with Gasteiger partial charge in [0.05, 0.1) is 0 Å². The normalized spacial score (nSPS) is 15.2. The summed E-state index contributed by atoms with van der Waals surface area (Å²) in [5, 5.41) is 0. The first-order chi connectivity index (χ1) is 8.97. The molecular weight excluding hydrogens is 349 g/mol. The Bertz CT molecular complexity index is 267. The highest BCUT2D eigenvalue weighted by molar-refractivity contribution is 6.77. The highest BCUT2D eigenvalue weighted by atomic mass is 28.4. The fourth-order valence-corrected chi connectivity index (χ4v) is 17.1. The van der Waals surface area contributed by atoms with Crippen molar-refractivity contribution in [1.82, 2.24) is 0 Å². The maximum atomic E-state index is 6.34. The molecule has 0 heterocycles. The molecule has 0 fully saturated rings. The summed E-state index contributed by atoms with van der Waals surface area (Å²) in [6, 6.07) is 5.21. The van der Waals surface area contributed by atoms with Gasteiger partial charge in [0.25, 0.3) is 0 Å². The molecule has 0 unspecified atom stereocenters. The van der Waals surface area contributed by atoms with E-state index in [0.29, 0.717) is 0 Å². The first-order valence-electron chi connectivity index (χ1n) is 7.81. The minimum Gasteiger partial charge on any atom is -0.463 e. The Hall–Kier alpha value is 1.18. The van der Waals surface area contributed by atoms with Crippen molar-refractivity contribution in [3.8, 4) is 0 Å². The van der Waals surface area contributed by atoms with Crippen LogP contribution in [0.3, 0.4) is 0 Å². The fourth-order valence-electron chi connectivity index (χ4n) is 1.90. The van der Waals surface area contributed by atoms with Gasteiger partial charge in [0, 0.05) is 0 Å². The molecule has 0 saturated heterocycles. The summed E-state index contributed by atoms with van der Waals surface area (Å²) in [5.74, 6) is 0. The van der Waals surface area contributed by atoms with Gasteiger partial charge in [0.1, 0.15) is 30.0 Å². The lowest BCUT2D eigenvalue weighted by Crippen LogP contribution is -2.35. The quantitative estimate of drug-likeness (QED) is 0.400. The van der Waals surface area contributed by atoms with Crippen molar-refractivity contribution in [3.63, 3.8) is 0 Å². The van der Waals surface area contributed by atoms with Crippen LogP contribution in [-0.2, 0) is 12.3 Å². The van der Waals surface area contributed by atoms with E-state index in [2.05, 4.69) is 45.8 Å². The van der Waals surface area contributed by atoms with Gasteiger partial charge < -0.3 is 12.3 Å². The van der Waals surface area contributed by atoms with E-state index >= 15 is 0 Å². The third-order valence-corrected chi connectivity index (χ3v) is 21.9. The minimum atomic E-state index is -1.39. The number of rotatable bonds is 11. The van der Waals surface area contributed by atoms with E-state index in [-0.39, 0.29) is 19.5 Å². The van der Waals surface area contributed by atoms with Gasteiger partial charge in [-0.05, 0) is 70.0 Å². The van der Waals surface area contributed by atoms with E-state index in [1.165, 1.54) is 24.2 Å². The van der Waals surface area contributed by atoms with Crippen LogP contribution in [0.4, 0.5) is 0 Å². The van der Waals surface area contributed by atoms with Gasteiger partial charge >= 0.3 is 0 Å². The Kier molecular flexibility index (Phi) is 9.90. The van der Waals surface area contributed by atoms with Gasteiger partial charge in [-0.15, -0.1) is 0 Å². The molecule has 0 aromatic carbocycles. The topological polar surface area (TPSA) is 27.7 Å². The predicted octanol–water partition coefficient (Wildman–Crippen LogP) is 1.57. The molecule has 0 radical (unpaired) electrons. The first-order valence-corrected chi connectivity index (χ1v) is 21.4. The van der Waals surface area contributed by atoms with Crippen molar-refractivity contribution >= 4 is 55.0 Å². The van der Waals surface area contributed by atoms with E-state index in [1.807, 2.05) is 0 Å². The van der Waals surface area contributed by atoms with Crippen LogP contribution in [0.1, 0.15) is 0 Å². The van der Waals surface area contributed by atoms with Gasteiger partial charge in [0.2, 0.25) is 0 Å². The summed E-state index contributed by atoms with van der Waals surface area (Å²) in [4.78, 5) is 0. The zero-order valence-corrected chi connectivity index (χ0v) is 22.8. The summed E-state index contributed by atoms with van der Waals surface area (Å²) in [6.07, 6.45) is 0. The van der Waals surface area contributed by atoms with Crippen molar-refractivity contribution in [3.05, 3.63) is 0 Å². The second-order valence-electron chi connectivity index (χ2n) is 7.74. The smallest absolute Gasteiger partial charge is 0.172 e. The SMILES string of the molecule is C[Si](C)(C)O[SiH2]CC[Si](C)(C)O[SiH2]CC[Si](C)(C)O[SiH3]. The average Bonchev–Trinajstić information content (AvgIpc) is 2.30. The lowest BCUT2D eigenvalue weighted by molar-refractivity contribution is 0.572. The maximum absolute atomic E-state index is 6.34. The van der Waals surface area contributed by atoms with Gasteiger partial charge in [-0.2, -0.15) is 0 Å². The second-order valence-corrected chi connectivity index (χ2v) is 26.2. The molecule has 0 saturated carbocycles. The summed E-state index contributed by atoms with van der Waals surface area (Å²) in [6.45, 7) is 16.3. The molecule has 3 nitrogen and oxygen atoms in total. The van der Waals surface area contributed by atoms with Crippen molar-refractivity contribution in [2.75, 3.05) is 0 Å². The molecule has 0 atom stereocenters. The van der Waals surface area contributed by atoms with Crippen LogP contribution < -0.4 is 0 Å². The van der Waals surface area contributed by atoms with E-state index in [0.717, 1.165) is 10.5 Å². The first kappa shape index (κ1) is 21.2. The molecule has 122 valence electrons. The average molecular weight is 385 g/mol. The molecule has 0 aromatic heterocycles. The Morgan fingerprint density at radius 3 is 1.65 bits per heavy atom. The van der Waals surface area contributed by atoms with Crippen LogP contribution in [0.5, 0.6) is 0 Å². The molecule has 0 aliphatic heterocycles. The molecule has 0 aliphatic rings. The highest BCUT2D eigenvalue weighted by Gasteiger charge is 2.24. The Morgan fingerprint density at radius 1 is 0.750 bits per heavy atom. The predicted molar refractivity (Wildman–Crippen MR) is 108 cm³/mol. The molecule has 20 heavy (non-hydrogen) atoms. The lowest BCUT2D eigenvalue weighted by atomic mass is 10.9. The monoisotopic (exact) mass is 384 g/mol. The van der Waals surface area contributed by atoms with Crippen LogP contribution in [0, 0.1) is 0 Å². The van der Waals surface area contributed by atoms with Crippen molar-refractivity contribution < 1.29 is 12.3 Å². The van der Waals surface area contributed by atoms with Crippen LogP contribution >= 0.6 is 0 Å². The maximum Gasteiger partial charge on any atom is 0.172 e. The van der Waals surface area contributed by atoms with Gasteiger partial charge in [-0.25, -0.2) is 0 Å². The molecule has 0 amide bonds. The number of hydrogen-bond acceptors (Lipinski definition) is 3. The summed E-state index contributed by atoms with van der Waals surface area (Å²) in [5.41, 5.74) is 0. The zero-order chi connectivity index (χ0) is 15.9. The van der Waals surface area contributed by atoms with Gasteiger partial charge in [-0.1, -0.05) is 0 Å². The zero-order valence-electron chi connectivity index (χ0n) is 15.0. The lowest BCUT2D eigenvalue weighted by Gasteiger charge is -2.26. The van der Waals surface area contributed by atoms with Gasteiger partial charge in [-0.3, -0.25) is 0 Å². The van der Waals surface area contributed by atoms with Crippen molar-refractivity contribution in [2.24, 2.45) is 0 Å². The van der Waals surface area contributed by atoms with Crippen LogP contribution in [0.15, 0.2) is 0 Å². The molecular formula is C11H36O3Si6. The molecule has 0 aliphatic carbocycles. The largest absolute Gasteiger partial charge is 0.463 e. The third-order valence-electron chi connectivity index (χ3n) is 3.43. The minimum absolute atomic E-state index is 0.304. The van der Waals surface area contributed by atoms with Crippen molar-refractivity contribution in [2.45, 2.75) is 70.0 Å². The molecule has 9 heteroatoms. The summed E-state index contributed by atoms with van der Waals surface area (Å²) >= 11 is 0. The molecule has 0 bridgehead atoms. The van der Waals surface area contributed by atoms with Gasteiger partial charge in [0.15, 0.2) is 25.0 Å². The van der Waals surface area contributed by atoms with Crippen molar-refractivity contribution in [1.29, 1.82) is 0 Å². The fraction of sp³-hybridized carbons (Fsp3) is 1.00. The van der Waals surface area contributed by atoms with Crippen LogP contribution in [0.2, 0.25) is 70.0 Å². The third kappa shape index (κ3) is 12.9. The Balaban J connectivity index is 3.74. The summed E-state index contributed by atoms with van der Waals surface area (Å²) in [7, 11) is -3.70. The number of hydrogen-bond donors (Lipinski definition) is 0. The summed E-state index contributed by atoms with van der Waals surface area (Å²) < 4.78 is 18.1. The van der Waals surface area contributed by atoms with Crippen LogP contribution in [-0.4, -0.2) is 55.0 Å². The van der Waals surface area contributed by atoms with E-state index < -0.39 is 25.0 Å². The molecule has 0 N–H and O–H groups in total. The second kappa shape index (κ2) is 9.35. The molecule has 0 aromatic rings. The Morgan fingerprint density at radius 2 is 1.20 bits per heavy atom. The molecule has 0 rings (SSSR count). The Labute approximate surface area is 137 Å². The molecule has 0 spiro atoms. The van der Waals surface area contributed by atoms with Crippen LogP contribution in [0.25, 0.3) is 0 Å². The van der Waals surface area contributed by atoms with E-state index in [4.69, 9.17) is 12.3 Å². The van der Waals surface area contributed by atoms with E-state index in [1.54, 1.807) is 0 Å². The highest BCUT2D eigenvalue weighted by Crippen LogP contribution is 2.17.